The van der Waals surface area contributed by atoms with Gasteiger partial charge in [-0.2, -0.15) is 0 Å². The average molecular weight is 302 g/mol. The standard InChI is InChI=1S/C14H28O2.C4H11N/c1-2-3-4-5-6-7-8-9-10-11-12-13-14(15)16;1-2-3-4-5/h2-13H2,1H3,(H,15,16);2-5H2,1H3. The minimum atomic E-state index is -0.657. The fourth-order valence-corrected chi connectivity index (χ4v) is 2.14. The van der Waals surface area contributed by atoms with Crippen LogP contribution in [-0.2, 0) is 4.79 Å². The lowest BCUT2D eigenvalue weighted by Crippen LogP contribution is -1.95. The monoisotopic (exact) mass is 301 g/mol. The Labute approximate surface area is 132 Å². The number of aliphatic carboxylic acids is 1. The number of carboxylic acid groups (broad SMARTS) is 1. The largest absolute Gasteiger partial charge is 0.481 e. The van der Waals surface area contributed by atoms with E-state index in [9.17, 15) is 4.79 Å². The molecule has 3 heteroatoms. The van der Waals surface area contributed by atoms with Gasteiger partial charge in [-0.05, 0) is 19.4 Å². The second-order valence-corrected chi connectivity index (χ2v) is 5.82. The molecule has 0 amide bonds. The lowest BCUT2D eigenvalue weighted by molar-refractivity contribution is -0.137. The highest BCUT2D eigenvalue weighted by atomic mass is 16.4. The van der Waals surface area contributed by atoms with Crippen LogP contribution in [-0.4, -0.2) is 17.6 Å². The summed E-state index contributed by atoms with van der Waals surface area (Å²) in [6.07, 6.45) is 16.7. The van der Waals surface area contributed by atoms with Crippen LogP contribution in [0.2, 0.25) is 0 Å². The van der Waals surface area contributed by atoms with Crippen LogP contribution in [0.25, 0.3) is 0 Å². The van der Waals surface area contributed by atoms with Crippen LogP contribution < -0.4 is 5.73 Å². The summed E-state index contributed by atoms with van der Waals surface area (Å²) in [5.74, 6) is -0.657. The minimum absolute atomic E-state index is 0.344. The van der Waals surface area contributed by atoms with Gasteiger partial charge in [0, 0.05) is 6.42 Å². The first-order chi connectivity index (χ1) is 10.2. The maximum Gasteiger partial charge on any atom is 0.303 e. The van der Waals surface area contributed by atoms with Crippen molar-refractivity contribution >= 4 is 5.97 Å². The van der Waals surface area contributed by atoms with Crippen molar-refractivity contribution in [3.63, 3.8) is 0 Å². The summed E-state index contributed by atoms with van der Waals surface area (Å²) in [6.45, 7) is 5.22. The van der Waals surface area contributed by atoms with Crippen LogP contribution in [0.5, 0.6) is 0 Å². The van der Waals surface area contributed by atoms with Crippen molar-refractivity contribution in [3.05, 3.63) is 0 Å². The van der Waals surface area contributed by atoms with Gasteiger partial charge >= 0.3 is 5.97 Å². The summed E-state index contributed by atoms with van der Waals surface area (Å²) in [5, 5.41) is 8.46. The first-order valence-corrected chi connectivity index (χ1v) is 9.10. The van der Waals surface area contributed by atoms with E-state index in [0.29, 0.717) is 6.42 Å². The Kier molecular flexibility index (Phi) is 23.5. The molecule has 0 rings (SSSR count). The molecule has 0 unspecified atom stereocenters. The van der Waals surface area contributed by atoms with Crippen LogP contribution in [0.15, 0.2) is 0 Å². The van der Waals surface area contributed by atoms with E-state index in [4.69, 9.17) is 10.8 Å². The molecule has 21 heavy (non-hydrogen) atoms. The maximum atomic E-state index is 10.3. The molecule has 0 fully saturated rings. The van der Waals surface area contributed by atoms with Crippen molar-refractivity contribution in [3.8, 4) is 0 Å². The summed E-state index contributed by atoms with van der Waals surface area (Å²) in [5.41, 5.74) is 5.14. The summed E-state index contributed by atoms with van der Waals surface area (Å²) in [4.78, 5) is 10.3. The SMILES string of the molecule is CCCCCCCCCCCCCC(=O)O.CCCCN. The zero-order valence-corrected chi connectivity index (χ0v) is 14.5. The lowest BCUT2D eigenvalue weighted by atomic mass is 10.1. The highest BCUT2D eigenvalue weighted by Gasteiger charge is 1.96. The van der Waals surface area contributed by atoms with Gasteiger partial charge in [-0.25, -0.2) is 0 Å². The normalized spacial score (nSPS) is 10.0. The van der Waals surface area contributed by atoms with E-state index < -0.39 is 5.97 Å². The van der Waals surface area contributed by atoms with E-state index in [0.717, 1.165) is 19.4 Å². The molecule has 0 aromatic rings. The third-order valence-electron chi connectivity index (χ3n) is 3.55. The van der Waals surface area contributed by atoms with E-state index in [1.54, 1.807) is 0 Å². The molecule has 0 bridgehead atoms. The van der Waals surface area contributed by atoms with Gasteiger partial charge in [-0.1, -0.05) is 84.5 Å². The van der Waals surface area contributed by atoms with Crippen LogP contribution in [0.4, 0.5) is 0 Å². The Balaban J connectivity index is 0. The molecule has 0 spiro atoms. The molecule has 128 valence electrons. The molecule has 0 aliphatic rings. The fourth-order valence-electron chi connectivity index (χ4n) is 2.14. The van der Waals surface area contributed by atoms with Gasteiger partial charge < -0.3 is 10.8 Å². The topological polar surface area (TPSA) is 63.3 Å². The van der Waals surface area contributed by atoms with Gasteiger partial charge in [0.1, 0.15) is 0 Å². The number of hydrogen-bond acceptors (Lipinski definition) is 2. The van der Waals surface area contributed by atoms with Crippen molar-refractivity contribution in [2.75, 3.05) is 6.54 Å². The predicted molar refractivity (Wildman–Crippen MR) is 92.7 cm³/mol. The van der Waals surface area contributed by atoms with Gasteiger partial charge in [0.2, 0.25) is 0 Å². The number of rotatable bonds is 14. The Morgan fingerprint density at radius 1 is 0.714 bits per heavy atom. The van der Waals surface area contributed by atoms with Crippen LogP contribution in [0.1, 0.15) is 104 Å². The molecule has 0 atom stereocenters. The average Bonchev–Trinajstić information content (AvgIpc) is 2.46. The Morgan fingerprint density at radius 2 is 1.10 bits per heavy atom. The second kappa shape index (κ2) is 21.7. The molecule has 0 heterocycles. The number of nitrogens with two attached hydrogens (primary N) is 1. The van der Waals surface area contributed by atoms with E-state index in [1.165, 1.54) is 70.6 Å². The van der Waals surface area contributed by atoms with Crippen molar-refractivity contribution in [2.24, 2.45) is 5.73 Å². The van der Waals surface area contributed by atoms with Crippen LogP contribution >= 0.6 is 0 Å². The fraction of sp³-hybridized carbons (Fsp3) is 0.944. The lowest BCUT2D eigenvalue weighted by Gasteiger charge is -2.01. The minimum Gasteiger partial charge on any atom is -0.481 e. The first-order valence-electron chi connectivity index (χ1n) is 9.10. The number of carbonyl (C=O) groups is 1. The van der Waals surface area contributed by atoms with Crippen molar-refractivity contribution in [1.82, 2.24) is 0 Å². The van der Waals surface area contributed by atoms with Gasteiger partial charge in [0.25, 0.3) is 0 Å². The quantitative estimate of drug-likeness (QED) is 0.415. The molecular formula is C18H39NO2. The predicted octanol–water partition coefficient (Wildman–Crippen LogP) is 5.52. The zero-order valence-electron chi connectivity index (χ0n) is 14.5. The highest BCUT2D eigenvalue weighted by Crippen LogP contribution is 2.11. The molecule has 0 radical (unpaired) electrons. The molecule has 0 aliphatic heterocycles. The third-order valence-corrected chi connectivity index (χ3v) is 3.55. The second-order valence-electron chi connectivity index (χ2n) is 5.82. The van der Waals surface area contributed by atoms with Crippen molar-refractivity contribution in [2.45, 2.75) is 104 Å². The van der Waals surface area contributed by atoms with E-state index in [1.807, 2.05) is 0 Å². The number of hydrogen-bond donors (Lipinski definition) is 2. The summed E-state index contributed by atoms with van der Waals surface area (Å²) in [6, 6.07) is 0. The molecule has 0 aromatic heterocycles. The van der Waals surface area contributed by atoms with Gasteiger partial charge in [0.15, 0.2) is 0 Å². The summed E-state index contributed by atoms with van der Waals surface area (Å²) in [7, 11) is 0. The third kappa shape index (κ3) is 28.3. The Hall–Kier alpha value is -0.570. The molecule has 0 saturated heterocycles. The van der Waals surface area contributed by atoms with Gasteiger partial charge in [-0.3, -0.25) is 4.79 Å². The molecule has 0 saturated carbocycles. The number of unbranched alkanes of at least 4 members (excludes halogenated alkanes) is 11. The molecule has 3 nitrogen and oxygen atoms in total. The number of carboxylic acids is 1. The smallest absolute Gasteiger partial charge is 0.303 e. The van der Waals surface area contributed by atoms with E-state index >= 15 is 0 Å². The van der Waals surface area contributed by atoms with E-state index in [2.05, 4.69) is 13.8 Å². The van der Waals surface area contributed by atoms with Gasteiger partial charge in [0.05, 0.1) is 0 Å². The van der Waals surface area contributed by atoms with E-state index in [-0.39, 0.29) is 0 Å². The van der Waals surface area contributed by atoms with Crippen molar-refractivity contribution < 1.29 is 9.90 Å². The maximum absolute atomic E-state index is 10.3. The molecular weight excluding hydrogens is 262 g/mol. The Bertz CT molecular complexity index is 194. The highest BCUT2D eigenvalue weighted by molar-refractivity contribution is 5.66. The Morgan fingerprint density at radius 3 is 1.38 bits per heavy atom. The van der Waals surface area contributed by atoms with Gasteiger partial charge in [-0.15, -0.1) is 0 Å². The zero-order chi connectivity index (χ0) is 16.2. The van der Waals surface area contributed by atoms with Crippen LogP contribution in [0.3, 0.4) is 0 Å². The molecule has 0 aromatic carbocycles. The van der Waals surface area contributed by atoms with Crippen molar-refractivity contribution in [1.29, 1.82) is 0 Å². The van der Waals surface area contributed by atoms with Crippen LogP contribution in [0, 0.1) is 0 Å². The molecule has 0 aliphatic carbocycles. The molecule has 3 N–H and O–H groups in total. The summed E-state index contributed by atoms with van der Waals surface area (Å²) >= 11 is 0. The summed E-state index contributed by atoms with van der Waals surface area (Å²) < 4.78 is 0. The first kappa shape index (κ1) is 22.7.